The van der Waals surface area contributed by atoms with E-state index in [0.717, 1.165) is 0 Å². The molecule has 0 unspecified atom stereocenters. The molecule has 0 atom stereocenters. The maximum atomic E-state index is 13.0. The molecule has 1 aromatic rings. The van der Waals surface area contributed by atoms with Crippen LogP contribution in [0.15, 0.2) is 6.33 Å². The number of halogens is 3. The zero-order valence-corrected chi connectivity index (χ0v) is 11.1. The SMILES string of the molecule is CNc1ncnc(NC2(C(F)(F)F)CC2)c1C(C)C. The number of nitrogens with one attached hydrogen (secondary N) is 2. The van der Waals surface area contributed by atoms with Gasteiger partial charge >= 0.3 is 6.18 Å². The Morgan fingerprint density at radius 1 is 1.21 bits per heavy atom. The van der Waals surface area contributed by atoms with Crippen LogP contribution in [-0.2, 0) is 0 Å². The van der Waals surface area contributed by atoms with Crippen molar-refractivity contribution >= 4 is 11.6 Å². The van der Waals surface area contributed by atoms with Gasteiger partial charge in [-0.2, -0.15) is 13.2 Å². The third-order valence-corrected chi connectivity index (χ3v) is 3.35. The van der Waals surface area contributed by atoms with Crippen molar-refractivity contribution in [2.45, 2.75) is 44.3 Å². The number of rotatable bonds is 4. The first-order valence-corrected chi connectivity index (χ1v) is 6.18. The van der Waals surface area contributed by atoms with E-state index in [-0.39, 0.29) is 24.6 Å². The van der Waals surface area contributed by atoms with Gasteiger partial charge in [-0.15, -0.1) is 0 Å². The van der Waals surface area contributed by atoms with E-state index in [1.54, 1.807) is 7.05 Å². The van der Waals surface area contributed by atoms with Crippen LogP contribution in [0.4, 0.5) is 24.8 Å². The van der Waals surface area contributed by atoms with Crippen molar-refractivity contribution in [3.8, 4) is 0 Å². The molecule has 0 saturated heterocycles. The Balaban J connectivity index is 2.36. The first-order chi connectivity index (χ1) is 8.81. The second-order valence-electron chi connectivity index (χ2n) is 5.09. The van der Waals surface area contributed by atoms with Gasteiger partial charge in [0.15, 0.2) is 0 Å². The predicted molar refractivity (Wildman–Crippen MR) is 67.3 cm³/mol. The van der Waals surface area contributed by atoms with E-state index < -0.39 is 11.7 Å². The summed E-state index contributed by atoms with van der Waals surface area (Å²) in [6.45, 7) is 3.80. The van der Waals surface area contributed by atoms with Crippen LogP contribution in [0.3, 0.4) is 0 Å². The van der Waals surface area contributed by atoms with Gasteiger partial charge in [0.25, 0.3) is 0 Å². The van der Waals surface area contributed by atoms with Crippen molar-refractivity contribution in [1.29, 1.82) is 0 Å². The molecule has 2 rings (SSSR count). The van der Waals surface area contributed by atoms with Crippen molar-refractivity contribution in [2.24, 2.45) is 0 Å². The van der Waals surface area contributed by atoms with Gasteiger partial charge in [0.05, 0.1) is 0 Å². The molecular weight excluding hydrogens is 257 g/mol. The second kappa shape index (κ2) is 4.54. The second-order valence-corrected chi connectivity index (χ2v) is 5.09. The van der Waals surface area contributed by atoms with Gasteiger partial charge in [-0.1, -0.05) is 13.8 Å². The van der Waals surface area contributed by atoms with Crippen molar-refractivity contribution in [3.05, 3.63) is 11.9 Å². The first-order valence-electron chi connectivity index (χ1n) is 6.18. The third-order valence-electron chi connectivity index (χ3n) is 3.35. The number of alkyl halides is 3. The van der Waals surface area contributed by atoms with E-state index in [9.17, 15) is 13.2 Å². The third kappa shape index (κ3) is 2.46. The zero-order valence-electron chi connectivity index (χ0n) is 11.1. The Labute approximate surface area is 109 Å². The topological polar surface area (TPSA) is 49.8 Å². The smallest absolute Gasteiger partial charge is 0.373 e. The predicted octanol–water partition coefficient (Wildman–Crippen LogP) is 3.15. The van der Waals surface area contributed by atoms with Crippen molar-refractivity contribution in [1.82, 2.24) is 9.97 Å². The first kappa shape index (κ1) is 13.9. The Hall–Kier alpha value is -1.53. The molecule has 0 radical (unpaired) electrons. The molecule has 7 heteroatoms. The van der Waals surface area contributed by atoms with Crippen LogP contribution in [0.25, 0.3) is 0 Å². The molecular formula is C12H17F3N4. The number of nitrogens with zero attached hydrogens (tertiary/aromatic N) is 2. The Morgan fingerprint density at radius 3 is 2.21 bits per heavy atom. The fraction of sp³-hybridized carbons (Fsp3) is 0.667. The molecule has 1 fully saturated rings. The van der Waals surface area contributed by atoms with Gasteiger partial charge in [-0.25, -0.2) is 9.97 Å². The summed E-state index contributed by atoms with van der Waals surface area (Å²) >= 11 is 0. The van der Waals surface area contributed by atoms with Crippen LogP contribution in [0, 0.1) is 0 Å². The molecule has 0 aliphatic heterocycles. The summed E-state index contributed by atoms with van der Waals surface area (Å²) in [6, 6.07) is 0. The fourth-order valence-electron chi connectivity index (χ4n) is 2.07. The minimum absolute atomic E-state index is 0.0233. The molecule has 1 aliphatic carbocycles. The average Bonchev–Trinajstić information content (AvgIpc) is 3.08. The fourth-order valence-corrected chi connectivity index (χ4v) is 2.07. The molecule has 1 heterocycles. The highest BCUT2D eigenvalue weighted by atomic mass is 19.4. The molecule has 1 saturated carbocycles. The van der Waals surface area contributed by atoms with E-state index in [1.165, 1.54) is 6.33 Å². The monoisotopic (exact) mass is 274 g/mol. The summed E-state index contributed by atoms with van der Waals surface area (Å²) in [6.07, 6.45) is -2.81. The molecule has 0 aromatic carbocycles. The largest absolute Gasteiger partial charge is 0.411 e. The van der Waals surface area contributed by atoms with Gasteiger partial charge < -0.3 is 10.6 Å². The highest BCUT2D eigenvalue weighted by molar-refractivity contribution is 5.60. The van der Waals surface area contributed by atoms with Gasteiger partial charge in [-0.3, -0.25) is 0 Å². The van der Waals surface area contributed by atoms with E-state index in [2.05, 4.69) is 20.6 Å². The summed E-state index contributed by atoms with van der Waals surface area (Å²) in [7, 11) is 1.69. The molecule has 0 amide bonds. The zero-order chi connectivity index (χ0) is 14.3. The van der Waals surface area contributed by atoms with Crippen LogP contribution in [-0.4, -0.2) is 28.7 Å². The van der Waals surface area contributed by atoms with E-state index in [0.29, 0.717) is 11.4 Å². The molecule has 1 aliphatic rings. The van der Waals surface area contributed by atoms with Gasteiger partial charge in [0, 0.05) is 12.6 Å². The van der Waals surface area contributed by atoms with E-state index in [4.69, 9.17) is 0 Å². The minimum Gasteiger partial charge on any atom is -0.373 e. The van der Waals surface area contributed by atoms with Crippen LogP contribution in [0.5, 0.6) is 0 Å². The number of hydrogen-bond donors (Lipinski definition) is 2. The van der Waals surface area contributed by atoms with Gasteiger partial charge in [0.2, 0.25) is 0 Å². The molecule has 0 bridgehead atoms. The van der Waals surface area contributed by atoms with Crippen LogP contribution in [0.2, 0.25) is 0 Å². The summed E-state index contributed by atoms with van der Waals surface area (Å²) in [5, 5.41) is 5.47. The molecule has 0 spiro atoms. The molecule has 4 nitrogen and oxygen atoms in total. The summed E-state index contributed by atoms with van der Waals surface area (Å²) < 4.78 is 38.9. The van der Waals surface area contributed by atoms with Crippen molar-refractivity contribution in [3.63, 3.8) is 0 Å². The lowest BCUT2D eigenvalue weighted by Crippen LogP contribution is -2.39. The van der Waals surface area contributed by atoms with Gasteiger partial charge in [-0.05, 0) is 18.8 Å². The Bertz CT molecular complexity index is 467. The number of hydrogen-bond acceptors (Lipinski definition) is 4. The highest BCUT2D eigenvalue weighted by Gasteiger charge is 2.64. The lowest BCUT2D eigenvalue weighted by Gasteiger charge is -2.24. The van der Waals surface area contributed by atoms with Crippen LogP contribution in [0.1, 0.15) is 38.2 Å². The van der Waals surface area contributed by atoms with Crippen LogP contribution < -0.4 is 10.6 Å². The van der Waals surface area contributed by atoms with E-state index >= 15 is 0 Å². The normalized spacial score (nSPS) is 17.4. The lowest BCUT2D eigenvalue weighted by molar-refractivity contribution is -0.151. The standard InChI is InChI=1S/C12H17F3N4/c1-7(2)8-9(16-3)17-6-18-10(8)19-11(4-5-11)12(13,14)15/h6-7H,4-5H2,1-3H3,(H2,16,17,18,19). The van der Waals surface area contributed by atoms with Crippen LogP contribution >= 0.6 is 0 Å². The Kier molecular flexibility index (Phi) is 3.32. The molecule has 106 valence electrons. The maximum Gasteiger partial charge on any atom is 0.411 e. The van der Waals surface area contributed by atoms with Crippen molar-refractivity contribution in [2.75, 3.05) is 17.7 Å². The average molecular weight is 274 g/mol. The lowest BCUT2D eigenvalue weighted by atomic mass is 10.0. The maximum absolute atomic E-state index is 13.0. The van der Waals surface area contributed by atoms with Gasteiger partial charge in [0.1, 0.15) is 23.5 Å². The highest BCUT2D eigenvalue weighted by Crippen LogP contribution is 2.51. The summed E-state index contributed by atoms with van der Waals surface area (Å²) in [5.41, 5.74) is -1.13. The minimum atomic E-state index is -4.26. The Morgan fingerprint density at radius 2 is 1.79 bits per heavy atom. The number of anilines is 2. The quantitative estimate of drug-likeness (QED) is 0.885. The van der Waals surface area contributed by atoms with E-state index in [1.807, 2.05) is 13.8 Å². The van der Waals surface area contributed by atoms with Crippen molar-refractivity contribution < 1.29 is 13.2 Å². The molecule has 1 aromatic heterocycles. The number of aromatic nitrogens is 2. The summed E-state index contributed by atoms with van der Waals surface area (Å²) in [4.78, 5) is 8.03. The molecule has 2 N–H and O–H groups in total. The molecule has 19 heavy (non-hydrogen) atoms. The summed E-state index contributed by atoms with van der Waals surface area (Å²) in [5.74, 6) is 0.852.